The zero-order chi connectivity index (χ0) is 9.42. The summed E-state index contributed by atoms with van der Waals surface area (Å²) in [6.07, 6.45) is 2.20. The van der Waals surface area contributed by atoms with E-state index in [4.69, 9.17) is 4.74 Å². The summed E-state index contributed by atoms with van der Waals surface area (Å²) in [6.45, 7) is 3.74. The second kappa shape index (κ2) is 3.10. The lowest BCUT2D eigenvalue weighted by Gasteiger charge is -2.01. The van der Waals surface area contributed by atoms with Gasteiger partial charge in [0.25, 0.3) is 0 Å². The van der Waals surface area contributed by atoms with Crippen molar-refractivity contribution in [3.05, 3.63) is 16.1 Å². The molecule has 0 amide bonds. The van der Waals surface area contributed by atoms with E-state index in [0.717, 1.165) is 23.4 Å². The lowest BCUT2D eigenvalue weighted by atomic mass is 10.2. The molecule has 2 rings (SSSR count). The molecule has 0 atom stereocenters. The minimum Gasteiger partial charge on any atom is -0.459 e. The van der Waals surface area contributed by atoms with Crippen molar-refractivity contribution in [2.45, 2.75) is 32.8 Å². The number of carbonyl (C=O) groups excluding carboxylic acids is 1. The van der Waals surface area contributed by atoms with Gasteiger partial charge in [-0.15, -0.1) is 0 Å². The third-order valence-electron chi connectivity index (χ3n) is 2.04. The quantitative estimate of drug-likeness (QED) is 0.681. The van der Waals surface area contributed by atoms with Gasteiger partial charge >= 0.3 is 5.97 Å². The number of carbonyl (C=O) groups is 1. The van der Waals surface area contributed by atoms with Crippen LogP contribution in [0.1, 0.15) is 33.8 Å². The molecule has 4 heteroatoms. The first-order chi connectivity index (χ1) is 6.18. The summed E-state index contributed by atoms with van der Waals surface area (Å²) in [5.74, 6) is -0.203. The standard InChI is InChI=1S/C9H11NO2S/c1-5-8(6(2)13-10-5)9(11)12-7-3-4-7/h7H,3-4H2,1-2H3. The van der Waals surface area contributed by atoms with Gasteiger partial charge in [-0.05, 0) is 38.2 Å². The summed E-state index contributed by atoms with van der Waals surface area (Å²) < 4.78 is 9.30. The summed E-state index contributed by atoms with van der Waals surface area (Å²) >= 11 is 1.36. The molecule has 0 unspecified atom stereocenters. The molecule has 0 spiro atoms. The summed E-state index contributed by atoms with van der Waals surface area (Å²) in [7, 11) is 0. The third-order valence-corrected chi connectivity index (χ3v) is 2.88. The maximum absolute atomic E-state index is 11.5. The normalized spacial score (nSPS) is 15.8. The van der Waals surface area contributed by atoms with E-state index in [-0.39, 0.29) is 12.1 Å². The molecule has 13 heavy (non-hydrogen) atoms. The Labute approximate surface area is 80.9 Å². The number of ether oxygens (including phenoxy) is 1. The first kappa shape index (κ1) is 8.69. The molecule has 1 aliphatic carbocycles. The zero-order valence-corrected chi connectivity index (χ0v) is 8.48. The van der Waals surface area contributed by atoms with E-state index < -0.39 is 0 Å². The SMILES string of the molecule is Cc1nsc(C)c1C(=O)OC1CC1. The van der Waals surface area contributed by atoms with Gasteiger partial charge in [-0.3, -0.25) is 0 Å². The van der Waals surface area contributed by atoms with Gasteiger partial charge in [0.05, 0.1) is 11.3 Å². The van der Waals surface area contributed by atoms with E-state index in [9.17, 15) is 4.79 Å². The maximum Gasteiger partial charge on any atom is 0.341 e. The van der Waals surface area contributed by atoms with Gasteiger partial charge in [0.1, 0.15) is 6.10 Å². The molecule has 0 bridgehead atoms. The number of hydrogen-bond acceptors (Lipinski definition) is 4. The third kappa shape index (κ3) is 1.72. The zero-order valence-electron chi connectivity index (χ0n) is 7.66. The Balaban J connectivity index is 2.17. The molecular formula is C9H11NO2S. The van der Waals surface area contributed by atoms with E-state index in [1.807, 2.05) is 13.8 Å². The lowest BCUT2D eigenvalue weighted by Crippen LogP contribution is -2.08. The molecular weight excluding hydrogens is 186 g/mol. The number of aryl methyl sites for hydroxylation is 2. The largest absolute Gasteiger partial charge is 0.459 e. The Hall–Kier alpha value is -0.900. The van der Waals surface area contributed by atoms with Crippen LogP contribution in [0.5, 0.6) is 0 Å². The van der Waals surface area contributed by atoms with Crippen molar-refractivity contribution < 1.29 is 9.53 Å². The number of hydrogen-bond donors (Lipinski definition) is 0. The Bertz CT molecular complexity index is 322. The maximum atomic E-state index is 11.5. The number of nitrogens with zero attached hydrogens (tertiary/aromatic N) is 1. The van der Waals surface area contributed by atoms with Gasteiger partial charge in [0.2, 0.25) is 0 Å². The van der Waals surface area contributed by atoms with E-state index >= 15 is 0 Å². The smallest absolute Gasteiger partial charge is 0.341 e. The van der Waals surface area contributed by atoms with Crippen molar-refractivity contribution in [1.29, 1.82) is 0 Å². The first-order valence-corrected chi connectivity index (χ1v) is 5.09. The van der Waals surface area contributed by atoms with Crippen molar-refractivity contribution in [1.82, 2.24) is 4.37 Å². The molecule has 1 heterocycles. The number of esters is 1. The predicted octanol–water partition coefficient (Wildman–Crippen LogP) is 2.08. The monoisotopic (exact) mass is 197 g/mol. The molecule has 0 saturated heterocycles. The molecule has 0 radical (unpaired) electrons. The van der Waals surface area contributed by atoms with Crippen LogP contribution >= 0.6 is 11.5 Å². The molecule has 0 aromatic carbocycles. The van der Waals surface area contributed by atoms with Crippen molar-refractivity contribution in [2.24, 2.45) is 0 Å². The van der Waals surface area contributed by atoms with Gasteiger partial charge in [-0.25, -0.2) is 4.79 Å². The fourth-order valence-corrected chi connectivity index (χ4v) is 1.86. The molecule has 1 aromatic rings. The van der Waals surface area contributed by atoms with Crippen molar-refractivity contribution in [3.63, 3.8) is 0 Å². The summed E-state index contributed by atoms with van der Waals surface area (Å²) in [5.41, 5.74) is 1.45. The van der Waals surface area contributed by atoms with Crippen molar-refractivity contribution in [2.75, 3.05) is 0 Å². The van der Waals surface area contributed by atoms with Crippen LogP contribution in [-0.4, -0.2) is 16.4 Å². The molecule has 1 aliphatic rings. The molecule has 70 valence electrons. The van der Waals surface area contributed by atoms with Crippen LogP contribution < -0.4 is 0 Å². The predicted molar refractivity (Wildman–Crippen MR) is 50.0 cm³/mol. The highest BCUT2D eigenvalue weighted by Crippen LogP contribution is 2.26. The second-order valence-electron chi connectivity index (χ2n) is 3.30. The van der Waals surface area contributed by atoms with Crippen LogP contribution in [-0.2, 0) is 4.74 Å². The Kier molecular flexibility index (Phi) is 2.07. The average Bonchev–Trinajstić information content (AvgIpc) is 2.79. The van der Waals surface area contributed by atoms with Crippen LogP contribution in [0.4, 0.5) is 0 Å². The number of aromatic nitrogens is 1. The fourth-order valence-electron chi connectivity index (χ4n) is 1.17. The molecule has 0 aliphatic heterocycles. The highest BCUT2D eigenvalue weighted by Gasteiger charge is 2.28. The van der Waals surface area contributed by atoms with Gasteiger partial charge in [0.15, 0.2) is 0 Å². The molecule has 0 N–H and O–H groups in total. The van der Waals surface area contributed by atoms with Gasteiger partial charge < -0.3 is 4.74 Å². The highest BCUT2D eigenvalue weighted by molar-refractivity contribution is 7.06. The second-order valence-corrected chi connectivity index (χ2v) is 4.28. The van der Waals surface area contributed by atoms with Crippen LogP contribution in [0.2, 0.25) is 0 Å². The van der Waals surface area contributed by atoms with Gasteiger partial charge in [-0.1, -0.05) is 0 Å². The Morgan fingerprint density at radius 3 is 2.69 bits per heavy atom. The topological polar surface area (TPSA) is 39.2 Å². The van der Waals surface area contributed by atoms with Crippen LogP contribution in [0.15, 0.2) is 0 Å². The van der Waals surface area contributed by atoms with Gasteiger partial charge in [-0.2, -0.15) is 4.37 Å². The lowest BCUT2D eigenvalue weighted by molar-refractivity contribution is 0.0471. The van der Waals surface area contributed by atoms with Crippen molar-refractivity contribution in [3.8, 4) is 0 Å². The van der Waals surface area contributed by atoms with Crippen LogP contribution in [0.3, 0.4) is 0 Å². The van der Waals surface area contributed by atoms with E-state index in [2.05, 4.69) is 4.37 Å². The molecule has 3 nitrogen and oxygen atoms in total. The highest BCUT2D eigenvalue weighted by atomic mass is 32.1. The van der Waals surface area contributed by atoms with Gasteiger partial charge in [0, 0.05) is 4.88 Å². The summed E-state index contributed by atoms with van der Waals surface area (Å²) in [4.78, 5) is 12.5. The van der Waals surface area contributed by atoms with Crippen LogP contribution in [0, 0.1) is 13.8 Å². The molecule has 1 fully saturated rings. The first-order valence-electron chi connectivity index (χ1n) is 4.32. The molecule has 1 saturated carbocycles. The Morgan fingerprint density at radius 1 is 1.54 bits per heavy atom. The van der Waals surface area contributed by atoms with Crippen molar-refractivity contribution >= 4 is 17.5 Å². The minimum absolute atomic E-state index is 0.172. The fraction of sp³-hybridized carbons (Fsp3) is 0.556. The van der Waals surface area contributed by atoms with E-state index in [1.165, 1.54) is 11.5 Å². The van der Waals surface area contributed by atoms with Crippen LogP contribution in [0.25, 0.3) is 0 Å². The summed E-state index contributed by atoms with van der Waals surface area (Å²) in [6, 6.07) is 0. The van der Waals surface area contributed by atoms with E-state index in [1.54, 1.807) is 0 Å². The number of rotatable bonds is 2. The summed E-state index contributed by atoms with van der Waals surface area (Å²) in [5, 5.41) is 0. The van der Waals surface area contributed by atoms with E-state index in [0.29, 0.717) is 5.56 Å². The molecule has 1 aromatic heterocycles. The average molecular weight is 197 g/mol. The minimum atomic E-state index is -0.203. The Morgan fingerprint density at radius 2 is 2.23 bits per heavy atom.